The number of carbonyl (C=O) groups is 1. The number of anilines is 1. The zero-order valence-electron chi connectivity index (χ0n) is 7.93. The van der Waals surface area contributed by atoms with E-state index >= 15 is 0 Å². The van der Waals surface area contributed by atoms with Crippen LogP contribution >= 0.6 is 23.4 Å². The molecule has 0 fully saturated rings. The molecular formula is C9H11ClN2OS. The number of urea groups is 1. The number of benzene rings is 1. The second kappa shape index (κ2) is 5.12. The summed E-state index contributed by atoms with van der Waals surface area (Å²) in [7, 11) is 1.57. The topological polar surface area (TPSA) is 41.1 Å². The molecule has 2 N–H and O–H groups in total. The summed E-state index contributed by atoms with van der Waals surface area (Å²) >= 11 is 7.46. The summed E-state index contributed by atoms with van der Waals surface area (Å²) in [6.45, 7) is 0. The van der Waals surface area contributed by atoms with E-state index in [0.717, 1.165) is 10.6 Å². The van der Waals surface area contributed by atoms with Crippen LogP contribution in [0.25, 0.3) is 0 Å². The van der Waals surface area contributed by atoms with E-state index in [2.05, 4.69) is 10.6 Å². The standard InChI is InChI=1S/C9H11ClN2OS/c1-11-9(13)12-7-5-3-4-6(10)8(7)14-2/h3-5H,1-2H3,(H2,11,12,13). The molecule has 5 heteroatoms. The third kappa shape index (κ3) is 2.56. The fraction of sp³-hybridized carbons (Fsp3) is 0.222. The van der Waals surface area contributed by atoms with Crippen LogP contribution in [-0.2, 0) is 0 Å². The Hall–Kier alpha value is -0.870. The molecule has 14 heavy (non-hydrogen) atoms. The van der Waals surface area contributed by atoms with E-state index in [-0.39, 0.29) is 6.03 Å². The maximum Gasteiger partial charge on any atom is 0.319 e. The second-order valence-corrected chi connectivity index (χ2v) is 3.75. The SMILES string of the molecule is CNC(=O)Nc1cccc(Cl)c1SC. The number of nitrogens with one attached hydrogen (secondary N) is 2. The van der Waals surface area contributed by atoms with E-state index in [1.54, 1.807) is 19.2 Å². The van der Waals surface area contributed by atoms with Gasteiger partial charge in [-0.1, -0.05) is 17.7 Å². The van der Waals surface area contributed by atoms with Crippen LogP contribution in [0.5, 0.6) is 0 Å². The molecule has 0 atom stereocenters. The summed E-state index contributed by atoms with van der Waals surface area (Å²) in [6, 6.07) is 5.16. The van der Waals surface area contributed by atoms with Crippen LogP contribution in [-0.4, -0.2) is 19.3 Å². The molecule has 1 rings (SSSR count). The molecule has 0 radical (unpaired) electrons. The minimum atomic E-state index is -0.248. The van der Waals surface area contributed by atoms with Gasteiger partial charge in [-0.15, -0.1) is 11.8 Å². The Morgan fingerprint density at radius 2 is 2.21 bits per heavy atom. The van der Waals surface area contributed by atoms with Crippen molar-refractivity contribution >= 4 is 35.1 Å². The van der Waals surface area contributed by atoms with Crippen molar-refractivity contribution in [2.24, 2.45) is 0 Å². The van der Waals surface area contributed by atoms with E-state index in [1.165, 1.54) is 11.8 Å². The predicted molar refractivity (Wildman–Crippen MR) is 61.3 cm³/mol. The lowest BCUT2D eigenvalue weighted by atomic mass is 10.3. The molecule has 2 amide bonds. The molecule has 0 saturated heterocycles. The van der Waals surface area contributed by atoms with Crippen molar-refractivity contribution in [1.82, 2.24) is 5.32 Å². The first-order chi connectivity index (χ1) is 6.69. The highest BCUT2D eigenvalue weighted by Crippen LogP contribution is 2.32. The third-order valence-electron chi connectivity index (χ3n) is 1.65. The molecule has 1 aromatic carbocycles. The van der Waals surface area contributed by atoms with Crippen molar-refractivity contribution in [2.45, 2.75) is 4.90 Å². The fourth-order valence-electron chi connectivity index (χ4n) is 1.000. The highest BCUT2D eigenvalue weighted by molar-refractivity contribution is 7.98. The Morgan fingerprint density at radius 3 is 2.79 bits per heavy atom. The van der Waals surface area contributed by atoms with Gasteiger partial charge in [0, 0.05) is 11.9 Å². The van der Waals surface area contributed by atoms with Crippen LogP contribution in [0.2, 0.25) is 5.02 Å². The Morgan fingerprint density at radius 1 is 1.50 bits per heavy atom. The van der Waals surface area contributed by atoms with Gasteiger partial charge in [0.2, 0.25) is 0 Å². The Bertz CT molecular complexity index is 344. The molecule has 0 aliphatic heterocycles. The Labute approximate surface area is 92.2 Å². The monoisotopic (exact) mass is 230 g/mol. The van der Waals surface area contributed by atoms with Gasteiger partial charge in [0.25, 0.3) is 0 Å². The summed E-state index contributed by atoms with van der Waals surface area (Å²) in [5, 5.41) is 5.82. The number of hydrogen-bond acceptors (Lipinski definition) is 2. The zero-order valence-corrected chi connectivity index (χ0v) is 9.50. The van der Waals surface area contributed by atoms with E-state index in [1.807, 2.05) is 12.3 Å². The fourth-order valence-corrected chi connectivity index (χ4v) is 2.01. The van der Waals surface area contributed by atoms with Crippen LogP contribution < -0.4 is 10.6 Å². The van der Waals surface area contributed by atoms with E-state index < -0.39 is 0 Å². The van der Waals surface area contributed by atoms with Crippen molar-refractivity contribution in [3.8, 4) is 0 Å². The van der Waals surface area contributed by atoms with Gasteiger partial charge in [0.15, 0.2) is 0 Å². The lowest BCUT2D eigenvalue weighted by Gasteiger charge is -2.09. The smallest absolute Gasteiger partial charge is 0.319 e. The minimum absolute atomic E-state index is 0.248. The van der Waals surface area contributed by atoms with Gasteiger partial charge in [-0.2, -0.15) is 0 Å². The molecule has 3 nitrogen and oxygen atoms in total. The third-order valence-corrected chi connectivity index (χ3v) is 2.92. The number of thioether (sulfide) groups is 1. The van der Waals surface area contributed by atoms with Crippen molar-refractivity contribution in [3.63, 3.8) is 0 Å². The van der Waals surface area contributed by atoms with E-state index in [4.69, 9.17) is 11.6 Å². The van der Waals surface area contributed by atoms with Crippen LogP contribution in [0.15, 0.2) is 23.1 Å². The van der Waals surface area contributed by atoms with Crippen LogP contribution in [0.1, 0.15) is 0 Å². The van der Waals surface area contributed by atoms with Crippen molar-refractivity contribution in [2.75, 3.05) is 18.6 Å². The molecule has 0 saturated carbocycles. The van der Waals surface area contributed by atoms with Gasteiger partial charge >= 0.3 is 6.03 Å². The normalized spacial score (nSPS) is 9.64. The summed E-state index contributed by atoms with van der Waals surface area (Å²) in [4.78, 5) is 12.0. The van der Waals surface area contributed by atoms with Crippen molar-refractivity contribution in [1.29, 1.82) is 0 Å². The van der Waals surface area contributed by atoms with Crippen LogP contribution in [0.3, 0.4) is 0 Å². The van der Waals surface area contributed by atoms with Crippen LogP contribution in [0, 0.1) is 0 Å². The lowest BCUT2D eigenvalue weighted by Crippen LogP contribution is -2.24. The Kier molecular flexibility index (Phi) is 4.10. The molecule has 0 unspecified atom stereocenters. The van der Waals surface area contributed by atoms with Gasteiger partial charge < -0.3 is 10.6 Å². The quantitative estimate of drug-likeness (QED) is 0.768. The summed E-state index contributed by atoms with van der Waals surface area (Å²) in [5.41, 5.74) is 0.726. The van der Waals surface area contributed by atoms with Crippen molar-refractivity contribution in [3.05, 3.63) is 23.2 Å². The molecule has 0 aliphatic rings. The van der Waals surface area contributed by atoms with Gasteiger partial charge in [-0.3, -0.25) is 0 Å². The average molecular weight is 231 g/mol. The van der Waals surface area contributed by atoms with Gasteiger partial charge in [-0.05, 0) is 18.4 Å². The first-order valence-corrected chi connectivity index (χ1v) is 5.60. The first-order valence-electron chi connectivity index (χ1n) is 4.00. The zero-order chi connectivity index (χ0) is 10.6. The largest absolute Gasteiger partial charge is 0.341 e. The number of hydrogen-bond donors (Lipinski definition) is 2. The van der Waals surface area contributed by atoms with Gasteiger partial charge in [-0.25, -0.2) is 4.79 Å². The summed E-state index contributed by atoms with van der Waals surface area (Å²) in [5.74, 6) is 0. The number of amides is 2. The second-order valence-electron chi connectivity index (χ2n) is 2.52. The maximum atomic E-state index is 11.1. The molecule has 76 valence electrons. The highest BCUT2D eigenvalue weighted by atomic mass is 35.5. The summed E-state index contributed by atoms with van der Waals surface area (Å²) < 4.78 is 0. The van der Waals surface area contributed by atoms with Crippen molar-refractivity contribution < 1.29 is 4.79 Å². The summed E-state index contributed by atoms with van der Waals surface area (Å²) in [6.07, 6.45) is 1.91. The molecular weight excluding hydrogens is 220 g/mol. The first kappa shape index (κ1) is 11.2. The predicted octanol–water partition coefficient (Wildman–Crippen LogP) is 2.81. The van der Waals surface area contributed by atoms with Gasteiger partial charge in [0.05, 0.1) is 10.7 Å². The molecule has 1 aromatic rings. The number of halogens is 1. The molecule has 0 heterocycles. The highest BCUT2D eigenvalue weighted by Gasteiger charge is 2.07. The minimum Gasteiger partial charge on any atom is -0.341 e. The number of rotatable bonds is 2. The molecule has 0 aromatic heterocycles. The average Bonchev–Trinajstić information content (AvgIpc) is 2.18. The van der Waals surface area contributed by atoms with Crippen LogP contribution in [0.4, 0.5) is 10.5 Å². The maximum absolute atomic E-state index is 11.1. The molecule has 0 bridgehead atoms. The van der Waals surface area contributed by atoms with E-state index in [0.29, 0.717) is 5.02 Å². The molecule has 0 aliphatic carbocycles. The number of carbonyl (C=O) groups excluding carboxylic acids is 1. The van der Waals surface area contributed by atoms with E-state index in [9.17, 15) is 4.79 Å². The van der Waals surface area contributed by atoms with Gasteiger partial charge in [0.1, 0.15) is 0 Å². The lowest BCUT2D eigenvalue weighted by molar-refractivity contribution is 0.254. The molecule has 0 spiro atoms. The Balaban J connectivity index is 2.96.